The Hall–Kier alpha value is -1.36. The number of benzene rings is 1. The lowest BCUT2D eigenvalue weighted by molar-refractivity contribution is -0.170. The van der Waals surface area contributed by atoms with Crippen LogP contribution in [-0.2, 0) is 14.3 Å². The Balaban J connectivity index is 3.25. The highest BCUT2D eigenvalue weighted by Gasteiger charge is 2.51. The lowest BCUT2D eigenvalue weighted by Crippen LogP contribution is -2.44. The highest BCUT2D eigenvalue weighted by atomic mass is 79.9. The maximum atomic E-state index is 12.2. The van der Waals surface area contributed by atoms with E-state index < -0.39 is 23.3 Å². The van der Waals surface area contributed by atoms with E-state index in [1.807, 2.05) is 24.3 Å². The minimum Gasteiger partial charge on any atom is -0.480 e. The molecule has 4 nitrogen and oxygen atoms in total. The molecule has 20 heavy (non-hydrogen) atoms. The molecule has 2 atom stereocenters. The normalized spacial score (nSPS) is 15.2. The van der Waals surface area contributed by atoms with Crippen molar-refractivity contribution in [2.45, 2.75) is 33.1 Å². The summed E-state index contributed by atoms with van der Waals surface area (Å²) in [5, 5.41) is 9.60. The van der Waals surface area contributed by atoms with Crippen LogP contribution in [0.5, 0.6) is 0 Å². The van der Waals surface area contributed by atoms with Crippen molar-refractivity contribution >= 4 is 27.9 Å². The summed E-state index contributed by atoms with van der Waals surface area (Å²) in [5.41, 5.74) is -0.755. The number of ether oxygens (including phenoxy) is 1. The number of esters is 1. The van der Waals surface area contributed by atoms with Crippen molar-refractivity contribution in [2.24, 2.45) is 5.41 Å². The molecule has 1 rings (SSSR count). The van der Waals surface area contributed by atoms with Crippen molar-refractivity contribution in [3.63, 3.8) is 0 Å². The van der Waals surface area contributed by atoms with Crippen LogP contribution in [0.4, 0.5) is 0 Å². The average Bonchev–Trinajstić information content (AvgIpc) is 2.40. The van der Waals surface area contributed by atoms with Gasteiger partial charge in [-0.15, -0.1) is 0 Å². The van der Waals surface area contributed by atoms with Crippen LogP contribution >= 0.6 is 15.9 Å². The van der Waals surface area contributed by atoms with Gasteiger partial charge in [0.1, 0.15) is 0 Å². The molecule has 1 aromatic rings. The Kier molecular flexibility index (Phi) is 5.74. The number of hydrogen-bond donors (Lipinski definition) is 1. The lowest BCUT2D eigenvalue weighted by Gasteiger charge is -2.32. The van der Waals surface area contributed by atoms with Crippen molar-refractivity contribution in [1.82, 2.24) is 0 Å². The topological polar surface area (TPSA) is 63.6 Å². The van der Waals surface area contributed by atoms with Crippen molar-refractivity contribution in [1.29, 1.82) is 0 Å². The Morgan fingerprint density at radius 1 is 1.30 bits per heavy atom. The molecule has 110 valence electrons. The van der Waals surface area contributed by atoms with Crippen LogP contribution in [0.2, 0.25) is 0 Å². The summed E-state index contributed by atoms with van der Waals surface area (Å²) < 4.78 is 5.90. The molecule has 0 saturated heterocycles. The predicted molar refractivity (Wildman–Crippen MR) is 79.5 cm³/mol. The van der Waals surface area contributed by atoms with E-state index in [0.717, 1.165) is 10.0 Å². The minimum atomic E-state index is -1.55. The van der Waals surface area contributed by atoms with Gasteiger partial charge in [0.05, 0.1) is 6.61 Å². The molecule has 0 radical (unpaired) electrons. The van der Waals surface area contributed by atoms with E-state index >= 15 is 0 Å². The van der Waals surface area contributed by atoms with Gasteiger partial charge in [0.2, 0.25) is 0 Å². The third-order valence-electron chi connectivity index (χ3n) is 3.69. The predicted octanol–water partition coefficient (Wildman–Crippen LogP) is 3.60. The van der Waals surface area contributed by atoms with Crippen LogP contribution in [0, 0.1) is 5.41 Å². The second-order valence-electron chi connectivity index (χ2n) is 4.62. The molecule has 0 saturated carbocycles. The van der Waals surface area contributed by atoms with Gasteiger partial charge in [-0.25, -0.2) is 0 Å². The molecule has 0 aliphatic rings. The zero-order valence-electron chi connectivity index (χ0n) is 11.9. The van der Waals surface area contributed by atoms with E-state index in [9.17, 15) is 14.7 Å². The first-order valence-corrected chi connectivity index (χ1v) is 7.35. The van der Waals surface area contributed by atoms with E-state index in [1.54, 1.807) is 20.8 Å². The fourth-order valence-corrected chi connectivity index (χ4v) is 2.61. The fraction of sp³-hybridized carbons (Fsp3) is 0.467. The first kappa shape index (κ1) is 16.7. The number of carboxylic acids is 1. The van der Waals surface area contributed by atoms with Gasteiger partial charge >= 0.3 is 11.9 Å². The van der Waals surface area contributed by atoms with Gasteiger partial charge in [0.15, 0.2) is 5.41 Å². The van der Waals surface area contributed by atoms with E-state index in [2.05, 4.69) is 15.9 Å². The molecule has 0 spiro atoms. The average molecular weight is 343 g/mol. The molecule has 1 aromatic carbocycles. The summed E-state index contributed by atoms with van der Waals surface area (Å²) in [5.74, 6) is -2.29. The van der Waals surface area contributed by atoms with Crippen molar-refractivity contribution in [3.05, 3.63) is 34.3 Å². The Bertz CT molecular complexity index is 483. The maximum Gasteiger partial charge on any atom is 0.324 e. The zero-order valence-corrected chi connectivity index (χ0v) is 13.4. The first-order chi connectivity index (χ1) is 9.40. The molecule has 5 heteroatoms. The number of halogens is 1. The summed E-state index contributed by atoms with van der Waals surface area (Å²) >= 11 is 3.34. The molecule has 2 unspecified atom stereocenters. The quantitative estimate of drug-likeness (QED) is 0.633. The second kappa shape index (κ2) is 6.88. The standard InChI is InChI=1S/C15H19BrO4/c1-4-15(13(17)18,14(19)20-5-2)10(3)11-6-8-12(16)9-7-11/h6-10H,4-5H2,1-3H3,(H,17,18). The third-order valence-corrected chi connectivity index (χ3v) is 4.22. The SMILES string of the molecule is CCOC(=O)C(CC)(C(=O)O)C(C)c1ccc(Br)cc1. The van der Waals surface area contributed by atoms with Gasteiger partial charge in [-0.05, 0) is 31.0 Å². The molecule has 0 amide bonds. The molecule has 0 fully saturated rings. The fourth-order valence-electron chi connectivity index (χ4n) is 2.35. The third kappa shape index (κ3) is 3.03. The molecule has 0 aliphatic carbocycles. The largest absolute Gasteiger partial charge is 0.480 e. The van der Waals surface area contributed by atoms with Gasteiger partial charge in [0.25, 0.3) is 0 Å². The number of carbonyl (C=O) groups is 2. The summed E-state index contributed by atoms with van der Waals surface area (Å²) in [4.78, 5) is 23.9. The van der Waals surface area contributed by atoms with Crippen LogP contribution in [-0.4, -0.2) is 23.7 Å². The number of aliphatic carboxylic acids is 1. The monoisotopic (exact) mass is 342 g/mol. The molecular weight excluding hydrogens is 324 g/mol. The van der Waals surface area contributed by atoms with Gasteiger partial charge in [-0.1, -0.05) is 41.9 Å². The smallest absolute Gasteiger partial charge is 0.324 e. The van der Waals surface area contributed by atoms with E-state index in [0.29, 0.717) is 0 Å². The van der Waals surface area contributed by atoms with Crippen molar-refractivity contribution < 1.29 is 19.4 Å². The minimum absolute atomic E-state index is 0.168. The molecule has 0 bridgehead atoms. The highest BCUT2D eigenvalue weighted by Crippen LogP contribution is 2.40. The number of carboxylic acid groups (broad SMARTS) is 1. The molecular formula is C15H19BrO4. The van der Waals surface area contributed by atoms with Crippen LogP contribution in [0.15, 0.2) is 28.7 Å². The van der Waals surface area contributed by atoms with Crippen LogP contribution in [0.25, 0.3) is 0 Å². The summed E-state index contributed by atoms with van der Waals surface area (Å²) in [6, 6.07) is 7.31. The summed E-state index contributed by atoms with van der Waals surface area (Å²) in [6.07, 6.45) is 0.179. The molecule has 0 heterocycles. The maximum absolute atomic E-state index is 12.2. The Morgan fingerprint density at radius 2 is 1.85 bits per heavy atom. The van der Waals surface area contributed by atoms with Crippen LogP contribution in [0.3, 0.4) is 0 Å². The molecule has 0 aliphatic heterocycles. The number of carbonyl (C=O) groups excluding carboxylic acids is 1. The van der Waals surface area contributed by atoms with Crippen molar-refractivity contribution in [2.75, 3.05) is 6.61 Å². The van der Waals surface area contributed by atoms with Crippen LogP contribution in [0.1, 0.15) is 38.7 Å². The summed E-state index contributed by atoms with van der Waals surface area (Å²) in [6.45, 7) is 5.28. The molecule has 0 aromatic heterocycles. The van der Waals surface area contributed by atoms with Crippen LogP contribution < -0.4 is 0 Å². The Labute approximate surface area is 127 Å². The Morgan fingerprint density at radius 3 is 2.25 bits per heavy atom. The number of rotatable bonds is 6. The lowest BCUT2D eigenvalue weighted by atomic mass is 9.71. The van der Waals surface area contributed by atoms with Gasteiger partial charge in [0, 0.05) is 10.4 Å². The van der Waals surface area contributed by atoms with Gasteiger partial charge < -0.3 is 9.84 Å². The zero-order chi connectivity index (χ0) is 15.3. The van der Waals surface area contributed by atoms with E-state index in [4.69, 9.17) is 4.74 Å². The summed E-state index contributed by atoms with van der Waals surface area (Å²) in [7, 11) is 0. The van der Waals surface area contributed by atoms with Crippen molar-refractivity contribution in [3.8, 4) is 0 Å². The first-order valence-electron chi connectivity index (χ1n) is 6.56. The highest BCUT2D eigenvalue weighted by molar-refractivity contribution is 9.10. The molecule has 1 N–H and O–H groups in total. The number of hydrogen-bond acceptors (Lipinski definition) is 3. The van der Waals surface area contributed by atoms with E-state index in [-0.39, 0.29) is 13.0 Å². The van der Waals surface area contributed by atoms with Gasteiger partial charge in [-0.2, -0.15) is 0 Å². The van der Waals surface area contributed by atoms with E-state index in [1.165, 1.54) is 0 Å². The second-order valence-corrected chi connectivity index (χ2v) is 5.54. The van der Waals surface area contributed by atoms with Gasteiger partial charge in [-0.3, -0.25) is 9.59 Å².